The Labute approximate surface area is 152 Å². The van der Waals surface area contributed by atoms with E-state index in [4.69, 9.17) is 9.15 Å². The molecule has 1 aromatic heterocycles. The summed E-state index contributed by atoms with van der Waals surface area (Å²) in [5, 5.41) is 0.764. The molecule has 1 heterocycles. The number of ether oxygens (including phenoxy) is 1. The molecule has 126 valence electrons. The molecule has 0 saturated heterocycles. The van der Waals surface area contributed by atoms with E-state index >= 15 is 0 Å². The van der Waals surface area contributed by atoms with E-state index in [1.165, 1.54) is 6.07 Å². The van der Waals surface area contributed by atoms with E-state index in [-0.39, 0.29) is 12.6 Å². The molecule has 0 atom stereocenters. The number of esters is 1. The molecular formula is C20H15BrO4. The van der Waals surface area contributed by atoms with Gasteiger partial charge in [-0.15, -0.1) is 0 Å². The van der Waals surface area contributed by atoms with E-state index in [1.54, 1.807) is 6.07 Å². The lowest BCUT2D eigenvalue weighted by atomic mass is 9.96. The Morgan fingerprint density at radius 3 is 2.60 bits per heavy atom. The third-order valence-electron chi connectivity index (χ3n) is 4.62. The summed E-state index contributed by atoms with van der Waals surface area (Å²) in [6.45, 7) is 0.0527. The second-order valence-electron chi connectivity index (χ2n) is 6.26. The molecule has 0 unspecified atom stereocenters. The lowest BCUT2D eigenvalue weighted by molar-refractivity contribution is -0.148. The number of hydrogen-bond acceptors (Lipinski definition) is 4. The minimum absolute atomic E-state index is 0.0527. The molecule has 0 bridgehead atoms. The van der Waals surface area contributed by atoms with Gasteiger partial charge in [-0.2, -0.15) is 0 Å². The molecule has 3 aromatic rings. The third kappa shape index (κ3) is 3.00. The number of hydrogen-bond donors (Lipinski definition) is 0. The number of carbonyl (C=O) groups is 1. The summed E-state index contributed by atoms with van der Waals surface area (Å²) in [6.07, 6.45) is 1.58. The molecule has 1 aliphatic carbocycles. The zero-order valence-corrected chi connectivity index (χ0v) is 14.9. The summed E-state index contributed by atoms with van der Waals surface area (Å²) in [5.74, 6) is -0.239. The van der Waals surface area contributed by atoms with Crippen molar-refractivity contribution in [2.45, 2.75) is 24.9 Å². The van der Waals surface area contributed by atoms with E-state index in [9.17, 15) is 9.59 Å². The van der Waals surface area contributed by atoms with Crippen LogP contribution in [0.3, 0.4) is 0 Å². The highest BCUT2D eigenvalue weighted by atomic mass is 79.9. The lowest BCUT2D eigenvalue weighted by Gasteiger charge is -2.15. The maximum absolute atomic E-state index is 12.6. The first-order valence-electron chi connectivity index (χ1n) is 8.04. The highest BCUT2D eigenvalue weighted by Crippen LogP contribution is 2.49. The van der Waals surface area contributed by atoms with Crippen LogP contribution in [0.2, 0.25) is 0 Å². The average Bonchev–Trinajstić information content (AvgIpc) is 3.41. The molecule has 1 saturated carbocycles. The van der Waals surface area contributed by atoms with Crippen LogP contribution in [-0.2, 0) is 21.6 Å². The molecule has 0 N–H and O–H groups in total. The second kappa shape index (κ2) is 6.15. The van der Waals surface area contributed by atoms with E-state index < -0.39 is 11.0 Å². The summed E-state index contributed by atoms with van der Waals surface area (Å²) < 4.78 is 11.6. The number of rotatable bonds is 4. The predicted molar refractivity (Wildman–Crippen MR) is 97.3 cm³/mol. The number of fused-ring (bicyclic) bond motifs is 1. The zero-order chi connectivity index (χ0) is 17.4. The molecule has 4 rings (SSSR count). The maximum Gasteiger partial charge on any atom is 0.336 e. The van der Waals surface area contributed by atoms with Crippen LogP contribution in [-0.4, -0.2) is 5.97 Å². The van der Waals surface area contributed by atoms with Crippen molar-refractivity contribution in [1.29, 1.82) is 0 Å². The fourth-order valence-corrected chi connectivity index (χ4v) is 3.44. The molecule has 0 radical (unpaired) electrons. The van der Waals surface area contributed by atoms with Crippen LogP contribution in [0.15, 0.2) is 68.3 Å². The molecule has 1 fully saturated rings. The van der Waals surface area contributed by atoms with Crippen molar-refractivity contribution in [3.63, 3.8) is 0 Å². The summed E-state index contributed by atoms with van der Waals surface area (Å²) in [5.41, 5.74) is 1.12. The molecule has 5 heteroatoms. The molecular weight excluding hydrogens is 384 g/mol. The Bertz CT molecular complexity index is 1000. The second-order valence-corrected chi connectivity index (χ2v) is 7.17. The molecule has 2 aromatic carbocycles. The van der Waals surface area contributed by atoms with Crippen molar-refractivity contribution in [2.24, 2.45) is 0 Å². The molecule has 0 spiro atoms. The SMILES string of the molecule is O=C(OCc1cc(=O)oc2cc(Br)ccc12)C1(c2ccccc2)CC1. The van der Waals surface area contributed by atoms with Crippen LogP contribution in [0.5, 0.6) is 0 Å². The van der Waals surface area contributed by atoms with Gasteiger partial charge < -0.3 is 9.15 Å². The van der Waals surface area contributed by atoms with E-state index in [2.05, 4.69) is 15.9 Å². The van der Waals surface area contributed by atoms with Crippen molar-refractivity contribution in [2.75, 3.05) is 0 Å². The minimum Gasteiger partial charge on any atom is -0.460 e. The first-order chi connectivity index (χ1) is 12.1. The molecule has 0 aliphatic heterocycles. The monoisotopic (exact) mass is 398 g/mol. The maximum atomic E-state index is 12.6. The van der Waals surface area contributed by atoms with Gasteiger partial charge in [0.25, 0.3) is 0 Å². The van der Waals surface area contributed by atoms with Gasteiger partial charge in [0.2, 0.25) is 0 Å². The predicted octanol–water partition coefficient (Wildman–Crippen LogP) is 4.33. The quantitative estimate of drug-likeness (QED) is 0.484. The Kier molecular flexibility index (Phi) is 3.96. The van der Waals surface area contributed by atoms with Gasteiger partial charge >= 0.3 is 11.6 Å². The number of carbonyl (C=O) groups excluding carboxylic acids is 1. The summed E-state index contributed by atoms with van der Waals surface area (Å²) in [4.78, 5) is 24.4. The van der Waals surface area contributed by atoms with E-state index in [0.29, 0.717) is 11.1 Å². The minimum atomic E-state index is -0.528. The van der Waals surface area contributed by atoms with Gasteiger partial charge in [0.15, 0.2) is 0 Å². The summed E-state index contributed by atoms with van der Waals surface area (Å²) in [6, 6.07) is 16.5. The first-order valence-corrected chi connectivity index (χ1v) is 8.83. The number of benzene rings is 2. The van der Waals surface area contributed by atoms with Crippen molar-refractivity contribution < 1.29 is 13.9 Å². The highest BCUT2D eigenvalue weighted by Gasteiger charge is 2.52. The Morgan fingerprint density at radius 1 is 1.12 bits per heavy atom. The smallest absolute Gasteiger partial charge is 0.336 e. The Balaban J connectivity index is 1.59. The average molecular weight is 399 g/mol. The van der Waals surface area contributed by atoms with Crippen molar-refractivity contribution in [3.8, 4) is 0 Å². The Hall–Kier alpha value is -2.40. The largest absolute Gasteiger partial charge is 0.460 e. The molecule has 1 aliphatic rings. The molecule has 25 heavy (non-hydrogen) atoms. The van der Waals surface area contributed by atoms with Crippen LogP contribution >= 0.6 is 15.9 Å². The fraction of sp³-hybridized carbons (Fsp3) is 0.200. The topological polar surface area (TPSA) is 56.5 Å². The molecule has 0 amide bonds. The van der Waals surface area contributed by atoms with Gasteiger partial charge in [-0.05, 0) is 36.6 Å². The number of halogens is 1. The van der Waals surface area contributed by atoms with Crippen LogP contribution < -0.4 is 5.63 Å². The van der Waals surface area contributed by atoms with E-state index in [0.717, 1.165) is 28.3 Å². The first kappa shape index (κ1) is 16.1. The fourth-order valence-electron chi connectivity index (χ4n) is 3.10. The van der Waals surface area contributed by atoms with Crippen LogP contribution in [0, 0.1) is 0 Å². The highest BCUT2D eigenvalue weighted by molar-refractivity contribution is 9.10. The van der Waals surface area contributed by atoms with Crippen LogP contribution in [0.4, 0.5) is 0 Å². The Morgan fingerprint density at radius 2 is 1.88 bits per heavy atom. The van der Waals surface area contributed by atoms with Gasteiger partial charge in [-0.3, -0.25) is 4.79 Å². The lowest BCUT2D eigenvalue weighted by Crippen LogP contribution is -2.23. The summed E-state index contributed by atoms with van der Waals surface area (Å²) in [7, 11) is 0. The van der Waals surface area contributed by atoms with Crippen LogP contribution in [0.25, 0.3) is 11.0 Å². The third-order valence-corrected chi connectivity index (χ3v) is 5.11. The van der Waals surface area contributed by atoms with E-state index in [1.807, 2.05) is 42.5 Å². The summed E-state index contributed by atoms with van der Waals surface area (Å²) >= 11 is 3.36. The van der Waals surface area contributed by atoms with Crippen molar-refractivity contribution in [3.05, 3.63) is 80.6 Å². The van der Waals surface area contributed by atoms with Gasteiger partial charge in [0, 0.05) is 21.5 Å². The van der Waals surface area contributed by atoms with Crippen LogP contribution in [0.1, 0.15) is 24.0 Å². The standard InChI is InChI=1S/C20H15BrO4/c21-15-6-7-16-13(10-18(22)25-17(16)11-15)12-24-19(23)20(8-9-20)14-4-2-1-3-5-14/h1-7,10-11H,8-9,12H2. The van der Waals surface area contributed by atoms with Gasteiger partial charge in [-0.25, -0.2) is 4.79 Å². The normalized spacial score (nSPS) is 15.1. The molecule has 4 nitrogen and oxygen atoms in total. The zero-order valence-electron chi connectivity index (χ0n) is 13.3. The van der Waals surface area contributed by atoms with Gasteiger partial charge in [0.1, 0.15) is 12.2 Å². The van der Waals surface area contributed by atoms with Crippen molar-refractivity contribution >= 4 is 32.9 Å². The van der Waals surface area contributed by atoms with Gasteiger partial charge in [-0.1, -0.05) is 46.3 Å². The van der Waals surface area contributed by atoms with Crippen molar-refractivity contribution in [1.82, 2.24) is 0 Å². The van der Waals surface area contributed by atoms with Gasteiger partial charge in [0.05, 0.1) is 5.41 Å².